The van der Waals surface area contributed by atoms with Crippen LogP contribution in [0.3, 0.4) is 0 Å². The van der Waals surface area contributed by atoms with Crippen LogP contribution in [0.25, 0.3) is 0 Å². The normalized spacial score (nSPS) is 18.9. The van der Waals surface area contributed by atoms with Crippen molar-refractivity contribution in [2.24, 2.45) is 5.14 Å². The fraction of sp³-hybridized carbons (Fsp3) is 0.600. The second-order valence-electron chi connectivity index (χ2n) is 5.85. The smallest absolute Gasteiger partial charge is 0.212 e. The average molecular weight is 346 g/mol. The average Bonchev–Trinajstić information content (AvgIpc) is 2.49. The molecule has 1 aromatic carbocycles. The molecule has 8 heteroatoms. The lowest BCUT2D eigenvalue weighted by Crippen LogP contribution is -2.44. The fourth-order valence-electron chi connectivity index (χ4n) is 2.69. The number of halogens is 1. The Morgan fingerprint density at radius 1 is 1.35 bits per heavy atom. The summed E-state index contributed by atoms with van der Waals surface area (Å²) in [5, 5.41) is 14.6. The van der Waals surface area contributed by atoms with Gasteiger partial charge in [0.1, 0.15) is 5.82 Å². The lowest BCUT2D eigenvalue weighted by Gasteiger charge is -2.32. The molecule has 0 radical (unpaired) electrons. The van der Waals surface area contributed by atoms with E-state index in [4.69, 9.17) is 9.88 Å². The molecule has 3 N–H and O–H groups in total. The van der Waals surface area contributed by atoms with Crippen molar-refractivity contribution in [3.8, 4) is 0 Å². The van der Waals surface area contributed by atoms with E-state index in [1.54, 1.807) is 18.2 Å². The first-order chi connectivity index (χ1) is 10.9. The Labute approximate surface area is 136 Å². The quantitative estimate of drug-likeness (QED) is 0.748. The van der Waals surface area contributed by atoms with Crippen LogP contribution < -0.4 is 5.14 Å². The molecule has 0 amide bonds. The van der Waals surface area contributed by atoms with Crippen LogP contribution in [0.1, 0.15) is 18.4 Å². The third kappa shape index (κ3) is 5.82. The minimum absolute atomic E-state index is 0.101. The highest BCUT2D eigenvalue weighted by molar-refractivity contribution is 7.89. The number of aliphatic hydroxyl groups excluding tert-OH is 1. The third-order valence-corrected chi connectivity index (χ3v) is 5.39. The summed E-state index contributed by atoms with van der Waals surface area (Å²) in [5.74, 6) is -0.327. The number of nitrogens with two attached hydrogens (primary N) is 1. The van der Waals surface area contributed by atoms with Gasteiger partial charge >= 0.3 is 0 Å². The van der Waals surface area contributed by atoms with Crippen LogP contribution >= 0.6 is 0 Å². The van der Waals surface area contributed by atoms with E-state index in [9.17, 15) is 17.9 Å². The standard InChI is InChI=1S/C15H23FN2O4S/c16-15-4-2-1-3-12(15)10-22-11-13(19)9-18-7-5-14(6-8-18)23(17,20)21/h1-4,13-14,19H,5-11H2,(H2,17,20,21). The van der Waals surface area contributed by atoms with Crippen molar-refractivity contribution in [1.29, 1.82) is 0 Å². The molecule has 1 atom stereocenters. The van der Waals surface area contributed by atoms with Crippen LogP contribution in [0.2, 0.25) is 0 Å². The van der Waals surface area contributed by atoms with Crippen LogP contribution in [0.5, 0.6) is 0 Å². The van der Waals surface area contributed by atoms with Crippen molar-refractivity contribution >= 4 is 10.0 Å². The van der Waals surface area contributed by atoms with Crippen molar-refractivity contribution in [3.05, 3.63) is 35.6 Å². The molecule has 6 nitrogen and oxygen atoms in total. The number of sulfonamides is 1. The van der Waals surface area contributed by atoms with Gasteiger partial charge in [-0.05, 0) is 32.0 Å². The monoisotopic (exact) mass is 346 g/mol. The number of benzene rings is 1. The number of β-amino-alcohol motifs (C(OH)–C–C–N with tert-alkyl or cyclic N) is 1. The maximum absolute atomic E-state index is 13.4. The van der Waals surface area contributed by atoms with Gasteiger partial charge in [-0.15, -0.1) is 0 Å². The number of hydrogen-bond acceptors (Lipinski definition) is 5. The zero-order chi connectivity index (χ0) is 16.9. The van der Waals surface area contributed by atoms with Crippen LogP contribution in [0.15, 0.2) is 24.3 Å². The van der Waals surface area contributed by atoms with Gasteiger partial charge in [0, 0.05) is 12.1 Å². The Bertz CT molecular complexity index is 603. The molecular weight excluding hydrogens is 323 g/mol. The van der Waals surface area contributed by atoms with Crippen molar-refractivity contribution in [1.82, 2.24) is 4.90 Å². The van der Waals surface area contributed by atoms with Gasteiger partial charge in [0.05, 0.1) is 24.6 Å². The highest BCUT2D eigenvalue weighted by Crippen LogP contribution is 2.16. The molecule has 1 aliphatic rings. The summed E-state index contributed by atoms with van der Waals surface area (Å²) >= 11 is 0. The SMILES string of the molecule is NS(=O)(=O)C1CCN(CC(O)COCc2ccccc2F)CC1. The molecule has 1 aliphatic heterocycles. The third-order valence-electron chi connectivity index (χ3n) is 3.99. The first kappa shape index (κ1) is 18.3. The Hall–Kier alpha value is -1.06. The fourth-order valence-corrected chi connectivity index (χ4v) is 3.56. The number of hydrogen-bond donors (Lipinski definition) is 2. The minimum atomic E-state index is -3.48. The van der Waals surface area contributed by atoms with Gasteiger partial charge < -0.3 is 14.7 Å². The summed E-state index contributed by atoms with van der Waals surface area (Å²) in [5.41, 5.74) is 0.452. The van der Waals surface area contributed by atoms with Gasteiger partial charge in [-0.3, -0.25) is 0 Å². The zero-order valence-corrected chi connectivity index (χ0v) is 13.7. The van der Waals surface area contributed by atoms with Crippen molar-refractivity contribution in [2.75, 3.05) is 26.2 Å². The molecule has 0 bridgehead atoms. The Balaban J connectivity index is 1.68. The zero-order valence-electron chi connectivity index (χ0n) is 12.9. The van der Waals surface area contributed by atoms with E-state index in [-0.39, 0.29) is 19.0 Å². The lowest BCUT2D eigenvalue weighted by atomic mass is 10.1. The number of piperidine rings is 1. The lowest BCUT2D eigenvalue weighted by molar-refractivity contribution is 0.00656. The predicted molar refractivity (Wildman–Crippen MR) is 84.6 cm³/mol. The molecule has 23 heavy (non-hydrogen) atoms. The number of likely N-dealkylation sites (tertiary alicyclic amines) is 1. The van der Waals surface area contributed by atoms with E-state index in [0.29, 0.717) is 38.0 Å². The number of nitrogens with zero attached hydrogens (tertiary/aromatic N) is 1. The highest BCUT2D eigenvalue weighted by Gasteiger charge is 2.27. The van der Waals surface area contributed by atoms with Gasteiger partial charge in [0.2, 0.25) is 10.0 Å². The van der Waals surface area contributed by atoms with Gasteiger partial charge in [0.15, 0.2) is 0 Å². The molecule has 0 aliphatic carbocycles. The van der Waals surface area contributed by atoms with E-state index < -0.39 is 21.4 Å². The van der Waals surface area contributed by atoms with E-state index in [2.05, 4.69) is 0 Å². The first-order valence-corrected chi connectivity index (χ1v) is 9.20. The van der Waals surface area contributed by atoms with Gasteiger partial charge in [-0.2, -0.15) is 0 Å². The molecule has 0 saturated carbocycles. The second-order valence-corrected chi connectivity index (χ2v) is 7.69. The van der Waals surface area contributed by atoms with Crippen molar-refractivity contribution in [3.63, 3.8) is 0 Å². The molecule has 0 spiro atoms. The highest BCUT2D eigenvalue weighted by atomic mass is 32.2. The number of rotatable bonds is 7. The largest absolute Gasteiger partial charge is 0.389 e. The Kier molecular flexibility index (Phi) is 6.49. The van der Waals surface area contributed by atoms with Crippen molar-refractivity contribution in [2.45, 2.75) is 30.8 Å². The summed E-state index contributed by atoms with van der Waals surface area (Å²) in [7, 11) is -3.48. The van der Waals surface area contributed by atoms with Crippen molar-refractivity contribution < 1.29 is 22.7 Å². The van der Waals surface area contributed by atoms with Crippen LogP contribution in [0.4, 0.5) is 4.39 Å². The maximum atomic E-state index is 13.4. The van der Waals surface area contributed by atoms with Crippen LogP contribution in [-0.4, -0.2) is 56.0 Å². The molecule has 1 unspecified atom stereocenters. The van der Waals surface area contributed by atoms with Gasteiger partial charge in [0.25, 0.3) is 0 Å². The number of primary sulfonamides is 1. The summed E-state index contributed by atoms with van der Waals surface area (Å²) < 4.78 is 41.3. The van der Waals surface area contributed by atoms with E-state index >= 15 is 0 Å². The summed E-state index contributed by atoms with van der Waals surface area (Å²) in [6.07, 6.45) is 0.247. The van der Waals surface area contributed by atoms with Gasteiger partial charge in [-0.1, -0.05) is 18.2 Å². The predicted octanol–water partition coefficient (Wildman–Crippen LogP) is 0.456. The van der Waals surface area contributed by atoms with Crippen LogP contribution in [0, 0.1) is 5.82 Å². The van der Waals surface area contributed by atoms with E-state index in [1.165, 1.54) is 6.07 Å². The molecule has 1 saturated heterocycles. The molecular formula is C15H23FN2O4S. The number of ether oxygens (including phenoxy) is 1. The van der Waals surface area contributed by atoms with E-state index in [0.717, 1.165) is 0 Å². The molecule has 1 fully saturated rings. The molecule has 1 heterocycles. The summed E-state index contributed by atoms with van der Waals surface area (Å²) in [6, 6.07) is 6.34. The molecule has 2 rings (SSSR count). The maximum Gasteiger partial charge on any atom is 0.212 e. The summed E-state index contributed by atoms with van der Waals surface area (Å²) in [6.45, 7) is 1.76. The van der Waals surface area contributed by atoms with Crippen LogP contribution in [-0.2, 0) is 21.4 Å². The van der Waals surface area contributed by atoms with Gasteiger partial charge in [-0.25, -0.2) is 17.9 Å². The molecule has 1 aromatic rings. The topological polar surface area (TPSA) is 92.9 Å². The first-order valence-electron chi connectivity index (χ1n) is 7.59. The minimum Gasteiger partial charge on any atom is -0.389 e. The molecule has 0 aromatic heterocycles. The number of aliphatic hydroxyl groups is 1. The summed E-state index contributed by atoms with van der Waals surface area (Å²) in [4.78, 5) is 1.98. The molecule has 130 valence electrons. The second kappa shape index (κ2) is 8.16. The Morgan fingerprint density at radius 2 is 2.00 bits per heavy atom. The Morgan fingerprint density at radius 3 is 2.61 bits per heavy atom. The van der Waals surface area contributed by atoms with E-state index in [1.807, 2.05) is 4.90 Å².